The lowest BCUT2D eigenvalue weighted by Gasteiger charge is -2.11. The third-order valence-electron chi connectivity index (χ3n) is 4.90. The first-order valence-electron chi connectivity index (χ1n) is 10.8. The molecule has 0 aliphatic heterocycles. The molecule has 180 valence electrons. The second kappa shape index (κ2) is 12.5. The van der Waals surface area contributed by atoms with E-state index in [1.807, 2.05) is 62.4 Å². The molecule has 0 aliphatic carbocycles. The first-order valence-corrected chi connectivity index (χ1v) is 11.6. The van der Waals surface area contributed by atoms with Crippen molar-refractivity contribution in [2.24, 2.45) is 5.10 Å². The van der Waals surface area contributed by atoms with E-state index in [-0.39, 0.29) is 19.1 Å². The molecule has 0 unspecified atom stereocenters. The van der Waals surface area contributed by atoms with Crippen LogP contribution in [0.5, 0.6) is 5.75 Å². The van der Waals surface area contributed by atoms with E-state index in [4.69, 9.17) is 4.74 Å². The van der Waals surface area contributed by atoms with Crippen LogP contribution < -0.4 is 20.8 Å². The number of aryl methyl sites for hydroxylation is 2. The number of amides is 3. The Kier molecular flexibility index (Phi) is 9.14. The highest BCUT2D eigenvalue weighted by Gasteiger charge is 2.12. The highest BCUT2D eigenvalue weighted by Crippen LogP contribution is 2.22. The fraction of sp³-hybridized carbons (Fsp3) is 0.154. The minimum atomic E-state index is -0.900. The standard InChI is InChI=1S/C26H25BrN4O4/c1-17-7-9-19(10-8-17)14-28-25(33)26(34)31-29-15-20-13-21(27)11-12-23(20)35-16-24(32)30-22-6-4-3-5-18(22)2/h3-13,15H,14,16H2,1-2H3,(H,28,33)(H,30,32)(H,31,34)/b29-15-. The van der Waals surface area contributed by atoms with Crippen molar-refractivity contribution in [3.05, 3.63) is 93.5 Å². The van der Waals surface area contributed by atoms with Crippen molar-refractivity contribution < 1.29 is 19.1 Å². The van der Waals surface area contributed by atoms with E-state index in [9.17, 15) is 14.4 Å². The van der Waals surface area contributed by atoms with Crippen molar-refractivity contribution in [3.63, 3.8) is 0 Å². The van der Waals surface area contributed by atoms with Crippen LogP contribution in [0.15, 0.2) is 76.3 Å². The van der Waals surface area contributed by atoms with Gasteiger partial charge in [0.2, 0.25) is 0 Å². The fourth-order valence-corrected chi connectivity index (χ4v) is 3.35. The van der Waals surface area contributed by atoms with Crippen LogP contribution in [0.4, 0.5) is 5.69 Å². The third kappa shape index (κ3) is 8.08. The third-order valence-corrected chi connectivity index (χ3v) is 5.39. The van der Waals surface area contributed by atoms with Crippen LogP contribution in [-0.4, -0.2) is 30.5 Å². The molecular weight excluding hydrogens is 512 g/mol. The van der Waals surface area contributed by atoms with Gasteiger partial charge in [0.1, 0.15) is 5.75 Å². The van der Waals surface area contributed by atoms with Crippen LogP contribution in [0.2, 0.25) is 0 Å². The Bertz CT molecular complexity index is 1240. The lowest BCUT2D eigenvalue weighted by atomic mass is 10.1. The van der Waals surface area contributed by atoms with E-state index >= 15 is 0 Å². The summed E-state index contributed by atoms with van der Waals surface area (Å²) in [5.41, 5.74) is 6.33. The summed E-state index contributed by atoms with van der Waals surface area (Å²) in [5.74, 6) is -1.64. The molecule has 0 radical (unpaired) electrons. The average Bonchev–Trinajstić information content (AvgIpc) is 2.84. The van der Waals surface area contributed by atoms with Crippen molar-refractivity contribution in [1.82, 2.24) is 10.7 Å². The Morgan fingerprint density at radius 3 is 2.46 bits per heavy atom. The van der Waals surface area contributed by atoms with Crippen LogP contribution in [0.1, 0.15) is 22.3 Å². The van der Waals surface area contributed by atoms with Gasteiger partial charge in [-0.1, -0.05) is 64.0 Å². The Balaban J connectivity index is 1.53. The van der Waals surface area contributed by atoms with Gasteiger partial charge in [0.25, 0.3) is 5.91 Å². The minimum Gasteiger partial charge on any atom is -0.483 e. The minimum absolute atomic E-state index is 0.218. The summed E-state index contributed by atoms with van der Waals surface area (Å²) in [6.45, 7) is 3.88. The topological polar surface area (TPSA) is 109 Å². The summed E-state index contributed by atoms with van der Waals surface area (Å²) < 4.78 is 6.40. The number of hydrazone groups is 1. The number of ether oxygens (including phenoxy) is 1. The normalized spacial score (nSPS) is 10.6. The number of halogens is 1. The van der Waals surface area contributed by atoms with E-state index in [1.165, 1.54) is 6.21 Å². The molecule has 8 nitrogen and oxygen atoms in total. The molecular formula is C26H25BrN4O4. The molecule has 0 fully saturated rings. The van der Waals surface area contributed by atoms with Gasteiger partial charge in [0, 0.05) is 22.3 Å². The van der Waals surface area contributed by atoms with Crippen molar-refractivity contribution in [1.29, 1.82) is 0 Å². The van der Waals surface area contributed by atoms with Crippen LogP contribution >= 0.6 is 15.9 Å². The number of benzene rings is 3. The summed E-state index contributed by atoms with van der Waals surface area (Å²) in [6.07, 6.45) is 1.34. The summed E-state index contributed by atoms with van der Waals surface area (Å²) in [7, 11) is 0. The number of anilines is 1. The van der Waals surface area contributed by atoms with Crippen molar-refractivity contribution >= 4 is 45.6 Å². The Morgan fingerprint density at radius 2 is 1.71 bits per heavy atom. The number of hydrogen-bond acceptors (Lipinski definition) is 5. The zero-order chi connectivity index (χ0) is 25.2. The van der Waals surface area contributed by atoms with Gasteiger partial charge in [-0.25, -0.2) is 5.43 Å². The number of rotatable bonds is 8. The molecule has 0 heterocycles. The number of carbonyl (C=O) groups is 3. The molecule has 0 aliphatic rings. The van der Waals surface area contributed by atoms with Gasteiger partial charge >= 0.3 is 11.8 Å². The molecule has 3 amide bonds. The monoisotopic (exact) mass is 536 g/mol. The molecule has 3 rings (SSSR count). The molecule has 9 heteroatoms. The molecule has 0 aromatic heterocycles. The van der Waals surface area contributed by atoms with Gasteiger partial charge in [0.15, 0.2) is 6.61 Å². The van der Waals surface area contributed by atoms with Gasteiger partial charge in [-0.3, -0.25) is 14.4 Å². The molecule has 0 bridgehead atoms. The lowest BCUT2D eigenvalue weighted by Crippen LogP contribution is -2.37. The first-order chi connectivity index (χ1) is 16.8. The van der Waals surface area contributed by atoms with Crippen LogP contribution in [0.3, 0.4) is 0 Å². The zero-order valence-corrected chi connectivity index (χ0v) is 20.9. The highest BCUT2D eigenvalue weighted by molar-refractivity contribution is 9.10. The summed E-state index contributed by atoms with van der Waals surface area (Å²) in [6, 6.07) is 20.2. The Labute approximate surface area is 211 Å². The lowest BCUT2D eigenvalue weighted by molar-refractivity contribution is -0.139. The average molecular weight is 537 g/mol. The maximum absolute atomic E-state index is 12.3. The summed E-state index contributed by atoms with van der Waals surface area (Å²) in [4.78, 5) is 36.4. The molecule has 35 heavy (non-hydrogen) atoms. The largest absolute Gasteiger partial charge is 0.483 e. The quantitative estimate of drug-likeness (QED) is 0.231. The number of nitrogens with one attached hydrogen (secondary N) is 3. The van der Waals surface area contributed by atoms with Gasteiger partial charge in [-0.05, 0) is 49.2 Å². The van der Waals surface area contributed by atoms with Crippen LogP contribution in [0, 0.1) is 13.8 Å². The molecule has 0 atom stereocenters. The molecule has 3 N–H and O–H groups in total. The number of hydrogen-bond donors (Lipinski definition) is 3. The van der Waals surface area contributed by atoms with Crippen molar-refractivity contribution in [2.75, 3.05) is 11.9 Å². The van der Waals surface area contributed by atoms with Gasteiger partial charge in [-0.2, -0.15) is 5.10 Å². The van der Waals surface area contributed by atoms with E-state index in [1.54, 1.807) is 18.2 Å². The predicted molar refractivity (Wildman–Crippen MR) is 138 cm³/mol. The fourth-order valence-electron chi connectivity index (χ4n) is 2.97. The van der Waals surface area contributed by atoms with Gasteiger partial charge in [0.05, 0.1) is 6.21 Å². The molecule has 3 aromatic carbocycles. The number of para-hydroxylation sites is 1. The first kappa shape index (κ1) is 25.6. The Morgan fingerprint density at radius 1 is 0.971 bits per heavy atom. The number of carbonyl (C=O) groups excluding carboxylic acids is 3. The molecule has 0 spiro atoms. The SMILES string of the molecule is Cc1ccc(CNC(=O)C(=O)N/N=C\c2cc(Br)ccc2OCC(=O)Nc2ccccc2C)cc1. The smallest absolute Gasteiger partial charge is 0.329 e. The predicted octanol–water partition coefficient (Wildman–Crippen LogP) is 3.85. The van der Waals surface area contributed by atoms with E-state index in [0.717, 1.165) is 21.2 Å². The van der Waals surface area contributed by atoms with Crippen molar-refractivity contribution in [3.8, 4) is 5.75 Å². The molecule has 3 aromatic rings. The zero-order valence-electron chi connectivity index (χ0n) is 19.3. The summed E-state index contributed by atoms with van der Waals surface area (Å²) in [5, 5.41) is 9.19. The maximum Gasteiger partial charge on any atom is 0.329 e. The maximum atomic E-state index is 12.3. The second-order valence-corrected chi connectivity index (χ2v) is 8.62. The Hall–Kier alpha value is -3.98. The van der Waals surface area contributed by atoms with Crippen LogP contribution in [-0.2, 0) is 20.9 Å². The molecule has 0 saturated carbocycles. The van der Waals surface area contributed by atoms with Gasteiger partial charge in [-0.15, -0.1) is 0 Å². The summed E-state index contributed by atoms with van der Waals surface area (Å²) >= 11 is 3.37. The highest BCUT2D eigenvalue weighted by atomic mass is 79.9. The number of nitrogens with zero attached hydrogens (tertiary/aromatic N) is 1. The van der Waals surface area contributed by atoms with Crippen LogP contribution in [0.25, 0.3) is 0 Å². The van der Waals surface area contributed by atoms with E-state index in [2.05, 4.69) is 37.1 Å². The van der Waals surface area contributed by atoms with E-state index in [0.29, 0.717) is 17.0 Å². The molecule has 0 saturated heterocycles. The second-order valence-electron chi connectivity index (χ2n) is 7.70. The van der Waals surface area contributed by atoms with Gasteiger partial charge < -0.3 is 15.4 Å². The van der Waals surface area contributed by atoms with Crippen molar-refractivity contribution in [2.45, 2.75) is 20.4 Å². The van der Waals surface area contributed by atoms with E-state index < -0.39 is 11.8 Å².